The van der Waals surface area contributed by atoms with Crippen LogP contribution in [0.15, 0.2) is 47.4 Å². The second-order valence-electron chi connectivity index (χ2n) is 7.99. The summed E-state index contributed by atoms with van der Waals surface area (Å²) in [5, 5.41) is 0.801. The Labute approximate surface area is 214 Å². The molecule has 3 aliphatic rings. The van der Waals surface area contributed by atoms with Crippen molar-refractivity contribution < 1.29 is 9.47 Å². The Morgan fingerprint density at radius 3 is 2.52 bits per heavy atom. The predicted octanol–water partition coefficient (Wildman–Crippen LogP) is 5.20. The molecule has 1 fully saturated rings. The van der Waals surface area contributed by atoms with Gasteiger partial charge in [-0.2, -0.15) is 0 Å². The van der Waals surface area contributed by atoms with Crippen molar-refractivity contribution in [3.8, 4) is 11.5 Å². The highest BCUT2D eigenvalue weighted by Crippen LogP contribution is 2.46. The lowest BCUT2D eigenvalue weighted by molar-refractivity contribution is 0.0481. The Morgan fingerprint density at radius 1 is 1.00 bits per heavy atom. The molecule has 0 aliphatic carbocycles. The average molecular weight is 594 g/mol. The number of para-hydroxylation sites is 3. The van der Waals surface area contributed by atoms with Gasteiger partial charge in [-0.1, -0.05) is 41.6 Å². The van der Waals surface area contributed by atoms with Crippen molar-refractivity contribution in [2.45, 2.75) is 29.3 Å². The number of hydrogen-bond acceptors (Lipinski definition) is 6. The molecule has 9 heteroatoms. The molecule has 0 bridgehead atoms. The van der Waals surface area contributed by atoms with E-state index in [1.54, 1.807) is 11.8 Å². The summed E-state index contributed by atoms with van der Waals surface area (Å²) < 4.78 is 12.0. The minimum Gasteiger partial charge on any atom is -0.486 e. The molecule has 0 aromatic heterocycles. The number of likely N-dealkylation sites (tertiary alicyclic amines) is 1. The van der Waals surface area contributed by atoms with Crippen LogP contribution in [0.2, 0.25) is 5.02 Å². The van der Waals surface area contributed by atoms with E-state index in [1.807, 2.05) is 36.4 Å². The average Bonchev–Trinajstić information content (AvgIpc) is 3.06. The van der Waals surface area contributed by atoms with Gasteiger partial charge < -0.3 is 20.1 Å². The quantitative estimate of drug-likeness (QED) is 0.526. The number of nitrogens with zero attached hydrogens (tertiary/aromatic N) is 2. The van der Waals surface area contributed by atoms with Crippen LogP contribution in [0.3, 0.4) is 0 Å². The van der Waals surface area contributed by atoms with E-state index in [4.69, 9.17) is 26.8 Å². The molecule has 31 heavy (non-hydrogen) atoms. The van der Waals surface area contributed by atoms with Gasteiger partial charge in [0, 0.05) is 18.0 Å². The van der Waals surface area contributed by atoms with Crippen molar-refractivity contribution in [1.82, 2.24) is 4.90 Å². The zero-order chi connectivity index (χ0) is 19.8. The maximum Gasteiger partial charge on any atom is 0.161 e. The molecule has 3 heterocycles. The highest BCUT2D eigenvalue weighted by Gasteiger charge is 2.33. The molecule has 2 atom stereocenters. The molecule has 0 saturated carbocycles. The maximum absolute atomic E-state index is 6.47. The summed E-state index contributed by atoms with van der Waals surface area (Å²) >= 11 is 8.17. The number of ether oxygens (including phenoxy) is 2. The van der Waals surface area contributed by atoms with Crippen molar-refractivity contribution in [3.63, 3.8) is 0 Å². The zero-order valence-electron chi connectivity index (χ0n) is 17.1. The minimum absolute atomic E-state index is 0. The van der Waals surface area contributed by atoms with Gasteiger partial charge in [-0.15, -0.1) is 34.0 Å². The van der Waals surface area contributed by atoms with Gasteiger partial charge >= 0.3 is 0 Å². The second kappa shape index (κ2) is 11.0. The molecule has 5 nitrogen and oxygen atoms in total. The van der Waals surface area contributed by atoms with E-state index in [2.05, 4.69) is 15.9 Å². The van der Waals surface area contributed by atoms with E-state index in [1.165, 1.54) is 4.90 Å². The van der Waals surface area contributed by atoms with Crippen molar-refractivity contribution in [2.24, 2.45) is 11.7 Å². The summed E-state index contributed by atoms with van der Waals surface area (Å²) in [6.07, 6.45) is 2.42. The molecule has 5 rings (SSSR count). The Balaban J connectivity index is 0.00000136. The number of fused-ring (bicyclic) bond motifs is 2. The van der Waals surface area contributed by atoms with Gasteiger partial charge in [-0.05, 0) is 56.1 Å². The van der Waals surface area contributed by atoms with Crippen LogP contribution in [0.5, 0.6) is 11.5 Å². The van der Waals surface area contributed by atoms with Gasteiger partial charge in [0.05, 0.1) is 10.7 Å². The predicted molar refractivity (Wildman–Crippen MR) is 139 cm³/mol. The largest absolute Gasteiger partial charge is 0.486 e. The van der Waals surface area contributed by atoms with Crippen LogP contribution in [0.4, 0.5) is 5.69 Å². The molecular weight excluding hydrogens is 566 g/mol. The van der Waals surface area contributed by atoms with Crippen LogP contribution in [0.25, 0.3) is 0 Å². The van der Waals surface area contributed by atoms with Crippen LogP contribution in [-0.4, -0.2) is 49.3 Å². The smallest absolute Gasteiger partial charge is 0.161 e. The molecule has 2 aromatic rings. The fourth-order valence-corrected chi connectivity index (χ4v) is 5.87. The summed E-state index contributed by atoms with van der Waals surface area (Å²) in [5.74, 6) is 2.33. The van der Waals surface area contributed by atoms with Gasteiger partial charge in [0.25, 0.3) is 0 Å². The molecule has 2 N–H and O–H groups in total. The number of anilines is 1. The first-order chi connectivity index (χ1) is 14.2. The molecule has 2 unspecified atom stereocenters. The Bertz CT molecular complexity index is 886. The highest BCUT2D eigenvalue weighted by atomic mass is 79.9. The highest BCUT2D eigenvalue weighted by molar-refractivity contribution is 8.93. The van der Waals surface area contributed by atoms with Crippen molar-refractivity contribution in [3.05, 3.63) is 47.5 Å². The third-order valence-corrected chi connectivity index (χ3v) is 7.37. The first kappa shape index (κ1) is 25.0. The summed E-state index contributed by atoms with van der Waals surface area (Å²) in [6.45, 7) is 4.66. The zero-order valence-corrected chi connectivity index (χ0v) is 22.1. The minimum atomic E-state index is -0.0456. The van der Waals surface area contributed by atoms with Gasteiger partial charge in [-0.25, -0.2) is 0 Å². The number of rotatable bonds is 4. The summed E-state index contributed by atoms with van der Waals surface area (Å²) in [6, 6.07) is 14.0. The Morgan fingerprint density at radius 2 is 1.74 bits per heavy atom. The first-order valence-electron chi connectivity index (χ1n) is 10.3. The summed E-state index contributed by atoms with van der Waals surface area (Å²) in [4.78, 5) is 5.98. The molecule has 0 amide bonds. The van der Waals surface area contributed by atoms with Crippen molar-refractivity contribution in [2.75, 3.05) is 37.7 Å². The van der Waals surface area contributed by atoms with E-state index in [0.29, 0.717) is 12.5 Å². The van der Waals surface area contributed by atoms with Crippen molar-refractivity contribution in [1.29, 1.82) is 0 Å². The van der Waals surface area contributed by atoms with E-state index in [0.717, 1.165) is 61.2 Å². The third kappa shape index (κ3) is 5.47. The molecule has 0 spiro atoms. The first-order valence-corrected chi connectivity index (χ1v) is 11.5. The summed E-state index contributed by atoms with van der Waals surface area (Å²) in [5.41, 5.74) is 7.46. The number of hydrogen-bond donors (Lipinski definition) is 1. The van der Waals surface area contributed by atoms with E-state index in [-0.39, 0.29) is 45.6 Å². The fourth-order valence-electron chi connectivity index (χ4n) is 4.46. The normalized spacial score (nSPS) is 23.0. The van der Waals surface area contributed by atoms with Crippen LogP contribution in [0.1, 0.15) is 12.8 Å². The lowest BCUT2D eigenvalue weighted by Gasteiger charge is -2.37. The molecule has 1 saturated heterocycles. The van der Waals surface area contributed by atoms with Gasteiger partial charge in [0.15, 0.2) is 11.5 Å². The lowest BCUT2D eigenvalue weighted by atomic mass is 9.95. The molecule has 2 aromatic carbocycles. The topological polar surface area (TPSA) is 51.0 Å². The van der Waals surface area contributed by atoms with Crippen LogP contribution in [-0.2, 0) is 0 Å². The van der Waals surface area contributed by atoms with Gasteiger partial charge in [-0.3, -0.25) is 4.90 Å². The fraction of sp³-hybridized carbons (Fsp3) is 0.455. The van der Waals surface area contributed by atoms with E-state index in [9.17, 15) is 0 Å². The van der Waals surface area contributed by atoms with E-state index >= 15 is 0 Å². The van der Waals surface area contributed by atoms with Crippen molar-refractivity contribution >= 4 is 63.0 Å². The lowest BCUT2D eigenvalue weighted by Crippen LogP contribution is -2.46. The number of halogens is 3. The number of nitrogens with two attached hydrogens (primary N) is 1. The van der Waals surface area contributed by atoms with Crippen LogP contribution in [0, 0.1) is 5.92 Å². The standard InChI is InChI=1S/C22H26ClN3O2S.2BrH/c23-17-4-3-7-20-21(17)26(22(24)29-20)12-15-8-10-25(11-9-15)13-16-14-27-18-5-1-2-6-19(18)28-16;;/h1-7,15-16,22H,8-14,24H2;2*1H. The third-order valence-electron chi connectivity index (χ3n) is 5.98. The molecule has 3 aliphatic heterocycles. The SMILES string of the molecule is Br.Br.NC1Sc2cccc(Cl)c2N1CC1CCN(CC2COc3ccccc3O2)CC1. The molecular formula is C22H28Br2ClN3O2S. The Hall–Kier alpha value is -0.640. The second-order valence-corrected chi connectivity index (χ2v) is 9.55. The number of thioether (sulfide) groups is 1. The monoisotopic (exact) mass is 591 g/mol. The number of piperidine rings is 1. The van der Waals surface area contributed by atoms with E-state index < -0.39 is 0 Å². The van der Waals surface area contributed by atoms with Gasteiger partial charge in [0.2, 0.25) is 0 Å². The Kier molecular flexibility index (Phi) is 8.86. The molecule has 0 radical (unpaired) electrons. The van der Waals surface area contributed by atoms with Crippen LogP contribution >= 0.6 is 57.3 Å². The number of benzene rings is 2. The maximum atomic E-state index is 6.47. The summed E-state index contributed by atoms with van der Waals surface area (Å²) in [7, 11) is 0. The van der Waals surface area contributed by atoms with Gasteiger partial charge in [0.1, 0.15) is 18.2 Å². The van der Waals surface area contributed by atoms with Crippen LogP contribution < -0.4 is 20.1 Å². The molecule has 170 valence electrons.